The Morgan fingerprint density at radius 1 is 1.16 bits per heavy atom. The van der Waals surface area contributed by atoms with Gasteiger partial charge in [0.1, 0.15) is 15.2 Å². The Morgan fingerprint density at radius 2 is 1.76 bits per heavy atom. The maximum absolute atomic E-state index is 13.7. The fourth-order valence-electron chi connectivity index (χ4n) is 4.60. The van der Waals surface area contributed by atoms with Gasteiger partial charge in [-0.1, -0.05) is 32.9 Å². The third kappa shape index (κ3) is 2.62. The van der Waals surface area contributed by atoms with Gasteiger partial charge >= 0.3 is 0 Å². The van der Waals surface area contributed by atoms with Crippen LogP contribution in [0.2, 0.25) is 0 Å². The normalized spacial score (nSPS) is 19.2. The molecular formula is C18H27NO3S2Si. The Hall–Kier alpha value is -0.763. The minimum atomic E-state index is -3.65. The van der Waals surface area contributed by atoms with Gasteiger partial charge in [0.2, 0.25) is 14.2 Å². The van der Waals surface area contributed by atoms with Gasteiger partial charge in [-0.05, 0) is 50.2 Å². The number of thiazole rings is 1. The lowest BCUT2D eigenvalue weighted by Gasteiger charge is -2.53. The minimum Gasteiger partial charge on any atom is -0.420 e. The van der Waals surface area contributed by atoms with E-state index in [0.717, 1.165) is 23.1 Å². The van der Waals surface area contributed by atoms with Gasteiger partial charge in [-0.3, -0.25) is 0 Å². The van der Waals surface area contributed by atoms with Crippen LogP contribution in [0.3, 0.4) is 0 Å². The second-order valence-electron chi connectivity index (χ2n) is 8.43. The summed E-state index contributed by atoms with van der Waals surface area (Å²) in [7, 11) is -3.15. The lowest BCUT2D eigenvalue weighted by atomic mass is 9.66. The smallest absolute Gasteiger partial charge is 0.213 e. The first-order valence-corrected chi connectivity index (χ1v) is 11.8. The first-order chi connectivity index (χ1) is 11.5. The van der Waals surface area contributed by atoms with Crippen LogP contribution in [0.5, 0.6) is 0 Å². The highest BCUT2D eigenvalue weighted by molar-refractivity contribution is 7.94. The van der Waals surface area contributed by atoms with Crippen molar-refractivity contribution in [1.82, 2.24) is 4.98 Å². The van der Waals surface area contributed by atoms with E-state index < -0.39 is 20.2 Å². The average Bonchev–Trinajstić information content (AvgIpc) is 3.24. The molecule has 0 N–H and O–H groups in total. The molecule has 138 valence electrons. The monoisotopic (exact) mass is 397 g/mol. The molecule has 1 aromatic heterocycles. The molecule has 1 fully saturated rings. The number of rotatable bonds is 5. The summed E-state index contributed by atoms with van der Waals surface area (Å²) < 4.78 is 33.6. The zero-order chi connectivity index (χ0) is 18.7. The van der Waals surface area contributed by atoms with Crippen molar-refractivity contribution in [2.75, 3.05) is 0 Å². The van der Waals surface area contributed by atoms with Crippen molar-refractivity contribution in [2.45, 2.75) is 62.1 Å². The Balaban J connectivity index is 2.19. The lowest BCUT2D eigenvalue weighted by molar-refractivity contribution is -0.0739. The van der Waals surface area contributed by atoms with Crippen LogP contribution in [-0.4, -0.2) is 34.2 Å². The standard InChI is InChI=1S/C18H27NO3S2Si/c1-16(2,3)18(22-25,12-10-11-12)17(4,5)24(20,21)15-19-13-8-6-7-9-14(13)23-15/h6-9,12H,10-11H2,1-5,25H3/t18-/m1/s1. The first-order valence-electron chi connectivity index (χ1n) is 8.64. The topological polar surface area (TPSA) is 56.3 Å². The molecule has 0 bridgehead atoms. The van der Waals surface area contributed by atoms with Gasteiger partial charge in [0, 0.05) is 0 Å². The molecule has 0 aliphatic heterocycles. The van der Waals surface area contributed by atoms with Crippen LogP contribution in [0.1, 0.15) is 47.5 Å². The van der Waals surface area contributed by atoms with Gasteiger partial charge in [-0.2, -0.15) is 0 Å². The number of fused-ring (bicyclic) bond motifs is 1. The lowest BCUT2D eigenvalue weighted by Crippen LogP contribution is -2.64. The van der Waals surface area contributed by atoms with Crippen LogP contribution in [0.25, 0.3) is 10.2 Å². The second-order valence-corrected chi connectivity index (χ2v) is 12.5. The largest absolute Gasteiger partial charge is 0.420 e. The zero-order valence-electron chi connectivity index (χ0n) is 15.8. The summed E-state index contributed by atoms with van der Waals surface area (Å²) in [5.74, 6) is 0.282. The van der Waals surface area contributed by atoms with E-state index in [1.54, 1.807) is 0 Å². The Bertz CT molecular complexity index is 861. The number of para-hydroxylation sites is 1. The van der Waals surface area contributed by atoms with E-state index in [1.807, 2.05) is 38.1 Å². The van der Waals surface area contributed by atoms with Gasteiger partial charge < -0.3 is 4.43 Å². The summed E-state index contributed by atoms with van der Waals surface area (Å²) in [6.07, 6.45) is 2.05. The molecule has 0 spiro atoms. The molecule has 25 heavy (non-hydrogen) atoms. The molecule has 1 aliphatic rings. The van der Waals surface area contributed by atoms with Crippen molar-refractivity contribution < 1.29 is 12.8 Å². The predicted molar refractivity (Wildman–Crippen MR) is 107 cm³/mol. The van der Waals surface area contributed by atoms with Crippen LogP contribution in [0.15, 0.2) is 28.6 Å². The van der Waals surface area contributed by atoms with Crippen LogP contribution < -0.4 is 0 Å². The van der Waals surface area contributed by atoms with Crippen molar-refractivity contribution in [3.05, 3.63) is 24.3 Å². The maximum Gasteiger partial charge on any atom is 0.213 e. The highest BCUT2D eigenvalue weighted by Gasteiger charge is 2.66. The Morgan fingerprint density at radius 3 is 2.24 bits per heavy atom. The molecule has 1 aromatic carbocycles. The number of benzene rings is 1. The van der Waals surface area contributed by atoms with Gasteiger partial charge in [0.15, 0.2) is 0 Å². The summed E-state index contributed by atoms with van der Waals surface area (Å²) >= 11 is 1.26. The van der Waals surface area contributed by atoms with Crippen LogP contribution in [-0.2, 0) is 14.3 Å². The third-order valence-corrected chi connectivity index (χ3v) is 10.2. The van der Waals surface area contributed by atoms with Crippen LogP contribution in [0, 0.1) is 11.3 Å². The molecule has 1 aliphatic carbocycles. The quantitative estimate of drug-likeness (QED) is 0.726. The van der Waals surface area contributed by atoms with E-state index in [0.29, 0.717) is 10.5 Å². The summed E-state index contributed by atoms with van der Waals surface area (Å²) in [5, 5.41) is 0. The molecule has 4 nitrogen and oxygen atoms in total. The van der Waals surface area contributed by atoms with Gasteiger partial charge in [0.25, 0.3) is 0 Å². The van der Waals surface area contributed by atoms with Crippen LogP contribution in [0.4, 0.5) is 0 Å². The summed E-state index contributed by atoms with van der Waals surface area (Å²) in [4.78, 5) is 4.45. The van der Waals surface area contributed by atoms with Crippen molar-refractivity contribution in [3.63, 3.8) is 0 Å². The molecular weight excluding hydrogens is 370 g/mol. The number of hydrogen-bond acceptors (Lipinski definition) is 5. The van der Waals surface area contributed by atoms with Crippen molar-refractivity contribution in [3.8, 4) is 0 Å². The molecule has 7 heteroatoms. The van der Waals surface area contributed by atoms with Crippen molar-refractivity contribution in [1.29, 1.82) is 0 Å². The average molecular weight is 398 g/mol. The Labute approximate surface area is 157 Å². The number of nitrogens with zero attached hydrogens (tertiary/aromatic N) is 1. The van der Waals surface area contributed by atoms with E-state index >= 15 is 0 Å². The first kappa shape index (κ1) is 19.0. The highest BCUT2D eigenvalue weighted by Crippen LogP contribution is 2.59. The van der Waals surface area contributed by atoms with Gasteiger partial charge in [-0.25, -0.2) is 13.4 Å². The molecule has 0 unspecified atom stereocenters. The van der Waals surface area contributed by atoms with E-state index in [-0.39, 0.29) is 15.7 Å². The fraction of sp³-hybridized carbons (Fsp3) is 0.611. The van der Waals surface area contributed by atoms with Gasteiger partial charge in [-0.15, -0.1) is 11.3 Å². The number of aromatic nitrogens is 1. The van der Waals surface area contributed by atoms with E-state index in [2.05, 4.69) is 25.8 Å². The SMILES string of the molecule is CC(C)(C)[C@](O[SiH3])(C1CC1)C(C)(C)S(=O)(=O)c1nc2ccccc2s1. The third-order valence-electron chi connectivity index (χ3n) is 5.66. The van der Waals surface area contributed by atoms with E-state index in [1.165, 1.54) is 11.3 Å². The Kier molecular flexibility index (Phi) is 4.47. The minimum absolute atomic E-state index is 0.201. The van der Waals surface area contributed by atoms with Crippen molar-refractivity contribution >= 4 is 41.9 Å². The second kappa shape index (κ2) is 5.87. The van der Waals surface area contributed by atoms with E-state index in [9.17, 15) is 8.42 Å². The van der Waals surface area contributed by atoms with Gasteiger partial charge in [0.05, 0.1) is 15.8 Å². The van der Waals surface area contributed by atoms with Crippen molar-refractivity contribution in [2.24, 2.45) is 11.3 Å². The number of hydrogen-bond donors (Lipinski definition) is 0. The maximum atomic E-state index is 13.7. The highest BCUT2D eigenvalue weighted by atomic mass is 32.2. The number of sulfone groups is 1. The van der Waals surface area contributed by atoms with Crippen LogP contribution >= 0.6 is 11.3 Å². The summed E-state index contributed by atoms with van der Waals surface area (Å²) in [5.41, 5.74) is -0.257. The molecule has 0 radical (unpaired) electrons. The van der Waals surface area contributed by atoms with E-state index in [4.69, 9.17) is 4.43 Å². The molecule has 3 rings (SSSR count). The molecule has 2 aromatic rings. The predicted octanol–water partition coefficient (Wildman–Crippen LogP) is 3.34. The zero-order valence-corrected chi connectivity index (χ0v) is 19.4. The molecule has 1 heterocycles. The fourth-order valence-corrected chi connectivity index (χ4v) is 9.84. The molecule has 0 saturated heterocycles. The molecule has 1 saturated carbocycles. The summed E-state index contributed by atoms with van der Waals surface area (Å²) in [6.45, 7) is 9.95. The molecule has 0 amide bonds. The summed E-state index contributed by atoms with van der Waals surface area (Å²) in [6, 6.07) is 7.57. The molecule has 1 atom stereocenters.